The van der Waals surface area contributed by atoms with Crippen molar-refractivity contribution >= 4 is 5.91 Å². The third-order valence-corrected chi connectivity index (χ3v) is 2.27. The lowest BCUT2D eigenvalue weighted by molar-refractivity contribution is 0.0865. The van der Waals surface area contributed by atoms with E-state index in [1.165, 1.54) is 0 Å². The molecule has 0 aromatic heterocycles. The molecular weight excluding hydrogens is 263 g/mol. The molecule has 0 saturated heterocycles. The molecule has 19 heavy (non-hydrogen) atoms. The molecule has 0 aliphatic heterocycles. The van der Waals surface area contributed by atoms with Gasteiger partial charge in [-0.25, -0.2) is 13.2 Å². The van der Waals surface area contributed by atoms with Crippen LogP contribution in [0.2, 0.25) is 0 Å². The summed E-state index contributed by atoms with van der Waals surface area (Å²) in [5, 5.41) is 10.8. The van der Waals surface area contributed by atoms with Gasteiger partial charge in [-0.15, -0.1) is 0 Å². The number of rotatable bonds is 7. The first-order valence-corrected chi connectivity index (χ1v) is 5.68. The number of nitrogens with one attached hydrogen (secondary N) is 1. The van der Waals surface area contributed by atoms with E-state index < -0.39 is 28.9 Å². The van der Waals surface area contributed by atoms with Crippen LogP contribution >= 0.6 is 0 Å². The van der Waals surface area contributed by atoms with Gasteiger partial charge in [-0.3, -0.25) is 4.79 Å². The Bertz CT molecular complexity index is 440. The number of hydrogen-bond donors (Lipinski definition) is 2. The predicted octanol–water partition coefficient (Wildman–Crippen LogP) is 1.23. The minimum absolute atomic E-state index is 0.0908. The van der Waals surface area contributed by atoms with Crippen LogP contribution in [0.25, 0.3) is 0 Å². The zero-order valence-electron chi connectivity index (χ0n) is 10.1. The Kier molecular flexibility index (Phi) is 6.31. The molecule has 1 aromatic carbocycles. The van der Waals surface area contributed by atoms with E-state index >= 15 is 0 Å². The van der Waals surface area contributed by atoms with Crippen molar-refractivity contribution in [1.82, 2.24) is 5.32 Å². The normalized spacial score (nSPS) is 10.5. The summed E-state index contributed by atoms with van der Waals surface area (Å²) in [6.45, 7) is 0.627. The second kappa shape index (κ2) is 7.75. The maximum absolute atomic E-state index is 13.3. The van der Waals surface area contributed by atoms with E-state index in [9.17, 15) is 18.0 Å². The summed E-state index contributed by atoms with van der Waals surface area (Å²) in [5.74, 6) is -5.34. The van der Waals surface area contributed by atoms with E-state index in [0.29, 0.717) is 19.1 Å². The zero-order chi connectivity index (χ0) is 14.3. The Balaban J connectivity index is 2.44. The van der Waals surface area contributed by atoms with Gasteiger partial charge in [-0.05, 0) is 18.6 Å². The van der Waals surface area contributed by atoms with E-state index in [-0.39, 0.29) is 19.8 Å². The highest BCUT2D eigenvalue weighted by atomic mass is 19.2. The van der Waals surface area contributed by atoms with Gasteiger partial charge >= 0.3 is 0 Å². The van der Waals surface area contributed by atoms with Crippen molar-refractivity contribution in [2.45, 2.75) is 6.42 Å². The highest BCUT2D eigenvalue weighted by molar-refractivity contribution is 5.94. The molecule has 0 spiro atoms. The Hall–Kier alpha value is -1.60. The Labute approximate surface area is 108 Å². The van der Waals surface area contributed by atoms with E-state index in [2.05, 4.69) is 5.32 Å². The zero-order valence-corrected chi connectivity index (χ0v) is 10.1. The fraction of sp³-hybridized carbons (Fsp3) is 0.417. The van der Waals surface area contributed by atoms with Crippen molar-refractivity contribution < 1.29 is 27.8 Å². The monoisotopic (exact) mass is 277 g/mol. The highest BCUT2D eigenvalue weighted by Crippen LogP contribution is 2.14. The molecule has 1 rings (SSSR count). The second-order valence-corrected chi connectivity index (χ2v) is 3.67. The van der Waals surface area contributed by atoms with Gasteiger partial charge in [0.05, 0.1) is 18.8 Å². The van der Waals surface area contributed by atoms with Gasteiger partial charge in [0, 0.05) is 13.2 Å². The summed E-state index contributed by atoms with van der Waals surface area (Å²) in [6.07, 6.45) is 0.455. The van der Waals surface area contributed by atoms with E-state index in [1.54, 1.807) is 0 Å². The fourth-order valence-electron chi connectivity index (χ4n) is 1.34. The Morgan fingerprint density at radius 2 is 1.95 bits per heavy atom. The Morgan fingerprint density at radius 1 is 1.21 bits per heavy atom. The van der Waals surface area contributed by atoms with Gasteiger partial charge in [0.15, 0.2) is 17.5 Å². The number of benzene rings is 1. The number of carbonyl (C=O) groups is 1. The average Bonchev–Trinajstić information content (AvgIpc) is 2.40. The summed E-state index contributed by atoms with van der Waals surface area (Å²) < 4.78 is 43.8. The number of amides is 1. The maximum Gasteiger partial charge on any atom is 0.254 e. The minimum atomic E-state index is -1.67. The largest absolute Gasteiger partial charge is 0.394 e. The van der Waals surface area contributed by atoms with Crippen LogP contribution in [-0.2, 0) is 4.74 Å². The number of aliphatic hydroxyl groups is 1. The van der Waals surface area contributed by atoms with Crippen molar-refractivity contribution in [3.8, 4) is 0 Å². The fourth-order valence-corrected chi connectivity index (χ4v) is 1.34. The number of ether oxygens (including phenoxy) is 1. The molecule has 1 aromatic rings. The van der Waals surface area contributed by atoms with E-state index in [1.807, 2.05) is 0 Å². The molecule has 0 unspecified atom stereocenters. The molecule has 0 heterocycles. The summed E-state index contributed by atoms with van der Waals surface area (Å²) in [6, 6.07) is 1.57. The van der Waals surface area contributed by atoms with E-state index in [0.717, 1.165) is 6.07 Å². The molecule has 7 heteroatoms. The lowest BCUT2D eigenvalue weighted by Crippen LogP contribution is -2.26. The van der Waals surface area contributed by atoms with Crippen LogP contribution in [0.1, 0.15) is 16.8 Å². The summed E-state index contributed by atoms with van der Waals surface area (Å²) in [4.78, 5) is 11.5. The molecule has 4 nitrogen and oxygen atoms in total. The third kappa shape index (κ3) is 4.53. The molecule has 0 aliphatic rings. The Morgan fingerprint density at radius 3 is 2.63 bits per heavy atom. The van der Waals surface area contributed by atoms with Crippen LogP contribution in [0, 0.1) is 17.5 Å². The van der Waals surface area contributed by atoms with Crippen molar-refractivity contribution in [2.75, 3.05) is 26.4 Å². The third-order valence-electron chi connectivity index (χ3n) is 2.27. The summed E-state index contributed by atoms with van der Waals surface area (Å²) in [7, 11) is 0. The van der Waals surface area contributed by atoms with Gasteiger partial charge in [-0.1, -0.05) is 0 Å². The van der Waals surface area contributed by atoms with E-state index in [4.69, 9.17) is 9.84 Å². The SMILES string of the molecule is O=C(NCCCOCCO)c1ccc(F)c(F)c1F. The summed E-state index contributed by atoms with van der Waals surface area (Å²) >= 11 is 0. The van der Waals surface area contributed by atoms with Gasteiger partial charge in [0.1, 0.15) is 0 Å². The molecule has 0 aliphatic carbocycles. The first-order chi connectivity index (χ1) is 9.07. The van der Waals surface area contributed by atoms with Gasteiger partial charge < -0.3 is 15.2 Å². The maximum atomic E-state index is 13.3. The first-order valence-electron chi connectivity index (χ1n) is 5.68. The highest BCUT2D eigenvalue weighted by Gasteiger charge is 2.18. The lowest BCUT2D eigenvalue weighted by Gasteiger charge is -2.07. The molecule has 0 bridgehead atoms. The minimum Gasteiger partial charge on any atom is -0.394 e. The van der Waals surface area contributed by atoms with Crippen molar-refractivity contribution in [3.63, 3.8) is 0 Å². The molecule has 2 N–H and O–H groups in total. The predicted molar refractivity (Wildman–Crippen MR) is 61.2 cm³/mol. The molecule has 0 radical (unpaired) electrons. The average molecular weight is 277 g/mol. The van der Waals surface area contributed by atoms with Crippen molar-refractivity contribution in [1.29, 1.82) is 0 Å². The van der Waals surface area contributed by atoms with Gasteiger partial charge in [-0.2, -0.15) is 0 Å². The standard InChI is InChI=1S/C12H14F3NO3/c13-9-3-2-8(10(14)11(9)15)12(18)16-4-1-6-19-7-5-17/h2-3,17H,1,4-7H2,(H,16,18). The van der Waals surface area contributed by atoms with Crippen LogP contribution in [0.3, 0.4) is 0 Å². The second-order valence-electron chi connectivity index (χ2n) is 3.67. The topological polar surface area (TPSA) is 58.6 Å². The number of aliphatic hydroxyl groups excluding tert-OH is 1. The van der Waals surface area contributed by atoms with Crippen LogP contribution in [-0.4, -0.2) is 37.4 Å². The van der Waals surface area contributed by atoms with Crippen LogP contribution in [0.5, 0.6) is 0 Å². The quantitative estimate of drug-likeness (QED) is 0.582. The van der Waals surface area contributed by atoms with Crippen molar-refractivity contribution in [3.05, 3.63) is 35.1 Å². The van der Waals surface area contributed by atoms with Crippen LogP contribution in [0.4, 0.5) is 13.2 Å². The first kappa shape index (κ1) is 15.5. The number of carbonyl (C=O) groups excluding carboxylic acids is 1. The van der Waals surface area contributed by atoms with Gasteiger partial charge in [0.25, 0.3) is 5.91 Å². The van der Waals surface area contributed by atoms with Crippen molar-refractivity contribution in [2.24, 2.45) is 0 Å². The lowest BCUT2D eigenvalue weighted by atomic mass is 10.2. The molecule has 106 valence electrons. The van der Waals surface area contributed by atoms with Crippen LogP contribution in [0.15, 0.2) is 12.1 Å². The molecule has 1 amide bonds. The summed E-state index contributed by atoms with van der Waals surface area (Å²) in [5.41, 5.74) is -0.546. The smallest absolute Gasteiger partial charge is 0.254 e. The number of halogens is 3. The molecule has 0 fully saturated rings. The van der Waals surface area contributed by atoms with Crippen LogP contribution < -0.4 is 5.32 Å². The molecular formula is C12H14F3NO3. The molecule has 0 saturated carbocycles. The van der Waals surface area contributed by atoms with Gasteiger partial charge in [0.2, 0.25) is 0 Å². The number of hydrogen-bond acceptors (Lipinski definition) is 3. The molecule has 0 atom stereocenters.